The molecule has 90 valence electrons. The highest BCUT2D eigenvalue weighted by Gasteiger charge is 2.22. The lowest BCUT2D eigenvalue weighted by Gasteiger charge is -2.37. The minimum Gasteiger partial charge on any atom is -0.300 e. The SMILES string of the molecule is CCCC(C)CN1CCCCC1CCCl. The van der Waals surface area contributed by atoms with Gasteiger partial charge in [0.15, 0.2) is 0 Å². The van der Waals surface area contributed by atoms with Gasteiger partial charge in [0, 0.05) is 18.5 Å². The summed E-state index contributed by atoms with van der Waals surface area (Å²) >= 11 is 5.87. The first-order chi connectivity index (χ1) is 7.27. The lowest BCUT2D eigenvalue weighted by atomic mass is 9.97. The first-order valence-electron chi connectivity index (χ1n) is 6.58. The largest absolute Gasteiger partial charge is 0.300 e. The molecule has 0 saturated carbocycles. The predicted octanol–water partition coefficient (Wildman–Crippen LogP) is 3.91. The molecular formula is C13H26ClN. The molecule has 2 atom stereocenters. The third kappa shape index (κ3) is 4.74. The number of hydrogen-bond acceptors (Lipinski definition) is 1. The Morgan fingerprint density at radius 3 is 2.87 bits per heavy atom. The maximum atomic E-state index is 5.87. The molecule has 1 nitrogen and oxygen atoms in total. The topological polar surface area (TPSA) is 3.24 Å². The molecule has 1 saturated heterocycles. The van der Waals surface area contributed by atoms with Crippen LogP contribution in [0.25, 0.3) is 0 Å². The van der Waals surface area contributed by atoms with Gasteiger partial charge >= 0.3 is 0 Å². The van der Waals surface area contributed by atoms with Crippen LogP contribution in [0.2, 0.25) is 0 Å². The highest BCUT2D eigenvalue weighted by Crippen LogP contribution is 2.22. The van der Waals surface area contributed by atoms with E-state index in [0.29, 0.717) is 0 Å². The normalized spacial score (nSPS) is 25.4. The molecule has 1 aliphatic heterocycles. The smallest absolute Gasteiger partial charge is 0.0238 e. The van der Waals surface area contributed by atoms with E-state index in [0.717, 1.165) is 17.8 Å². The molecule has 1 heterocycles. The fourth-order valence-electron chi connectivity index (χ4n) is 2.74. The molecule has 0 aromatic rings. The van der Waals surface area contributed by atoms with Gasteiger partial charge in [-0.1, -0.05) is 26.7 Å². The molecule has 0 spiro atoms. The van der Waals surface area contributed by atoms with Crippen LogP contribution in [0, 0.1) is 5.92 Å². The Kier molecular flexibility index (Phi) is 6.67. The fourth-order valence-corrected chi connectivity index (χ4v) is 2.99. The Morgan fingerprint density at radius 1 is 1.40 bits per heavy atom. The van der Waals surface area contributed by atoms with Gasteiger partial charge in [-0.25, -0.2) is 0 Å². The van der Waals surface area contributed by atoms with Crippen molar-refractivity contribution in [1.29, 1.82) is 0 Å². The second-order valence-electron chi connectivity index (χ2n) is 5.02. The zero-order chi connectivity index (χ0) is 11.1. The van der Waals surface area contributed by atoms with Crippen molar-refractivity contribution in [1.82, 2.24) is 4.90 Å². The van der Waals surface area contributed by atoms with Crippen molar-refractivity contribution >= 4 is 11.6 Å². The highest BCUT2D eigenvalue weighted by atomic mass is 35.5. The molecule has 15 heavy (non-hydrogen) atoms. The molecule has 1 fully saturated rings. The van der Waals surface area contributed by atoms with E-state index >= 15 is 0 Å². The monoisotopic (exact) mass is 231 g/mol. The number of nitrogens with zero attached hydrogens (tertiary/aromatic N) is 1. The van der Waals surface area contributed by atoms with E-state index in [1.807, 2.05) is 0 Å². The second-order valence-corrected chi connectivity index (χ2v) is 5.39. The summed E-state index contributed by atoms with van der Waals surface area (Å²) in [5.41, 5.74) is 0. The van der Waals surface area contributed by atoms with Crippen LogP contribution in [0.15, 0.2) is 0 Å². The average Bonchev–Trinajstić information content (AvgIpc) is 2.21. The highest BCUT2D eigenvalue weighted by molar-refractivity contribution is 6.17. The number of piperidine rings is 1. The molecule has 0 aromatic carbocycles. The zero-order valence-electron chi connectivity index (χ0n) is 10.3. The average molecular weight is 232 g/mol. The maximum absolute atomic E-state index is 5.87. The summed E-state index contributed by atoms with van der Waals surface area (Å²) in [7, 11) is 0. The van der Waals surface area contributed by atoms with Crippen LogP contribution >= 0.6 is 11.6 Å². The van der Waals surface area contributed by atoms with Gasteiger partial charge in [0.25, 0.3) is 0 Å². The Bertz CT molecular complexity index is 159. The van der Waals surface area contributed by atoms with Gasteiger partial charge in [0.1, 0.15) is 0 Å². The van der Waals surface area contributed by atoms with Gasteiger partial charge in [-0.05, 0) is 38.1 Å². The fraction of sp³-hybridized carbons (Fsp3) is 1.00. The van der Waals surface area contributed by atoms with E-state index in [4.69, 9.17) is 11.6 Å². The molecule has 1 aliphatic rings. The quantitative estimate of drug-likeness (QED) is 0.627. The summed E-state index contributed by atoms with van der Waals surface area (Å²) in [6.45, 7) is 7.25. The molecule has 0 N–H and O–H groups in total. The number of alkyl halides is 1. The first kappa shape index (κ1) is 13.3. The van der Waals surface area contributed by atoms with Crippen LogP contribution in [0.3, 0.4) is 0 Å². The Balaban J connectivity index is 2.34. The molecule has 1 rings (SSSR count). The van der Waals surface area contributed by atoms with Crippen molar-refractivity contribution in [3.63, 3.8) is 0 Å². The van der Waals surface area contributed by atoms with E-state index in [1.165, 1.54) is 51.6 Å². The van der Waals surface area contributed by atoms with Gasteiger partial charge in [-0.15, -0.1) is 11.6 Å². The number of halogens is 1. The minimum atomic E-state index is 0.774. The third-order valence-corrected chi connectivity index (χ3v) is 3.74. The van der Waals surface area contributed by atoms with Crippen LogP contribution in [-0.2, 0) is 0 Å². The van der Waals surface area contributed by atoms with Crippen molar-refractivity contribution in [3.8, 4) is 0 Å². The van der Waals surface area contributed by atoms with Crippen LogP contribution in [0.5, 0.6) is 0 Å². The van der Waals surface area contributed by atoms with E-state index in [-0.39, 0.29) is 0 Å². The van der Waals surface area contributed by atoms with Gasteiger partial charge in [0.2, 0.25) is 0 Å². The summed E-state index contributed by atoms with van der Waals surface area (Å²) < 4.78 is 0. The molecule has 0 radical (unpaired) electrons. The summed E-state index contributed by atoms with van der Waals surface area (Å²) in [5, 5.41) is 0. The Labute approximate surface area is 100 Å². The summed E-state index contributed by atoms with van der Waals surface area (Å²) in [6.07, 6.45) is 8.02. The Hall–Kier alpha value is 0.250. The predicted molar refractivity (Wildman–Crippen MR) is 68.6 cm³/mol. The maximum Gasteiger partial charge on any atom is 0.0238 e. The lowest BCUT2D eigenvalue weighted by Crippen LogP contribution is -2.42. The van der Waals surface area contributed by atoms with E-state index in [1.54, 1.807) is 0 Å². The minimum absolute atomic E-state index is 0.774. The standard InChI is InChI=1S/C13H26ClN/c1-3-6-12(2)11-15-10-5-4-7-13(15)8-9-14/h12-13H,3-11H2,1-2H3. The zero-order valence-corrected chi connectivity index (χ0v) is 11.1. The van der Waals surface area contributed by atoms with Gasteiger partial charge in [-0.3, -0.25) is 0 Å². The Morgan fingerprint density at radius 2 is 2.20 bits per heavy atom. The molecule has 2 unspecified atom stereocenters. The molecule has 0 amide bonds. The molecular weight excluding hydrogens is 206 g/mol. The van der Waals surface area contributed by atoms with Crippen LogP contribution in [0.1, 0.15) is 52.4 Å². The second kappa shape index (κ2) is 7.51. The van der Waals surface area contributed by atoms with Crippen LogP contribution in [0.4, 0.5) is 0 Å². The van der Waals surface area contributed by atoms with E-state index in [9.17, 15) is 0 Å². The van der Waals surface area contributed by atoms with Crippen molar-refractivity contribution in [3.05, 3.63) is 0 Å². The summed E-state index contributed by atoms with van der Waals surface area (Å²) in [4.78, 5) is 2.69. The van der Waals surface area contributed by atoms with Gasteiger partial charge in [-0.2, -0.15) is 0 Å². The first-order valence-corrected chi connectivity index (χ1v) is 7.11. The van der Waals surface area contributed by atoms with Crippen molar-refractivity contribution in [2.75, 3.05) is 19.0 Å². The third-order valence-electron chi connectivity index (χ3n) is 3.52. The molecule has 0 aromatic heterocycles. The van der Waals surface area contributed by atoms with Crippen LogP contribution in [-0.4, -0.2) is 29.9 Å². The number of likely N-dealkylation sites (tertiary alicyclic amines) is 1. The van der Waals surface area contributed by atoms with E-state index < -0.39 is 0 Å². The molecule has 0 bridgehead atoms. The van der Waals surface area contributed by atoms with Crippen molar-refractivity contribution < 1.29 is 0 Å². The number of hydrogen-bond donors (Lipinski definition) is 0. The summed E-state index contributed by atoms with van der Waals surface area (Å²) in [6, 6.07) is 0.774. The van der Waals surface area contributed by atoms with Crippen molar-refractivity contribution in [2.45, 2.75) is 58.4 Å². The molecule has 0 aliphatic carbocycles. The molecule has 2 heteroatoms. The van der Waals surface area contributed by atoms with Gasteiger partial charge < -0.3 is 4.90 Å². The van der Waals surface area contributed by atoms with Crippen molar-refractivity contribution in [2.24, 2.45) is 5.92 Å². The van der Waals surface area contributed by atoms with E-state index in [2.05, 4.69) is 18.7 Å². The van der Waals surface area contributed by atoms with Gasteiger partial charge in [0.05, 0.1) is 0 Å². The van der Waals surface area contributed by atoms with Crippen LogP contribution < -0.4 is 0 Å². The summed E-state index contributed by atoms with van der Waals surface area (Å²) in [5.74, 6) is 1.68. The lowest BCUT2D eigenvalue weighted by molar-refractivity contribution is 0.123. The number of rotatable bonds is 6.